The van der Waals surface area contributed by atoms with E-state index in [0.717, 1.165) is 6.42 Å². The molecule has 1 N–H and O–H groups in total. The number of rotatable bonds is 4. The highest BCUT2D eigenvalue weighted by atomic mass is 32.1. The van der Waals surface area contributed by atoms with Gasteiger partial charge in [0.05, 0.1) is 5.92 Å². The van der Waals surface area contributed by atoms with Gasteiger partial charge in [-0.25, -0.2) is 0 Å². The SMILES string of the molecule is COCCCNC(=S)N1CCC(C(F)(F)F)CC1. The lowest BCUT2D eigenvalue weighted by Crippen LogP contribution is -2.46. The summed E-state index contributed by atoms with van der Waals surface area (Å²) in [5, 5.41) is 3.58. The van der Waals surface area contributed by atoms with Crippen LogP contribution in [0.15, 0.2) is 0 Å². The highest BCUT2D eigenvalue weighted by Crippen LogP contribution is 2.33. The average Bonchev–Trinajstić information content (AvgIpc) is 2.33. The van der Waals surface area contributed by atoms with Crippen molar-refractivity contribution in [3.05, 3.63) is 0 Å². The molecule has 1 rings (SSSR count). The molecular weight excluding hydrogens is 265 g/mol. The van der Waals surface area contributed by atoms with Crippen LogP contribution >= 0.6 is 12.2 Å². The van der Waals surface area contributed by atoms with E-state index in [1.807, 2.05) is 4.90 Å². The molecule has 1 aliphatic rings. The Morgan fingerprint density at radius 2 is 2.00 bits per heavy atom. The average molecular weight is 284 g/mol. The molecule has 3 nitrogen and oxygen atoms in total. The summed E-state index contributed by atoms with van der Waals surface area (Å²) in [7, 11) is 1.63. The van der Waals surface area contributed by atoms with E-state index >= 15 is 0 Å². The minimum absolute atomic E-state index is 0.128. The van der Waals surface area contributed by atoms with Crippen LogP contribution in [-0.2, 0) is 4.74 Å². The fourth-order valence-electron chi connectivity index (χ4n) is 1.93. The van der Waals surface area contributed by atoms with E-state index < -0.39 is 12.1 Å². The van der Waals surface area contributed by atoms with E-state index in [1.165, 1.54) is 0 Å². The molecular formula is C11H19F3N2OS. The highest BCUT2D eigenvalue weighted by Gasteiger charge is 2.41. The zero-order chi connectivity index (χ0) is 13.6. The number of methoxy groups -OCH3 is 1. The number of alkyl halides is 3. The number of ether oxygens (including phenoxy) is 1. The van der Waals surface area contributed by atoms with E-state index in [1.54, 1.807) is 7.11 Å². The van der Waals surface area contributed by atoms with Crippen LogP contribution in [0.2, 0.25) is 0 Å². The number of hydrogen-bond acceptors (Lipinski definition) is 2. The molecule has 0 radical (unpaired) electrons. The van der Waals surface area contributed by atoms with Crippen molar-refractivity contribution in [2.75, 3.05) is 33.4 Å². The lowest BCUT2D eigenvalue weighted by molar-refractivity contribution is -0.183. The maximum absolute atomic E-state index is 12.5. The Hall–Kier alpha value is -0.560. The largest absolute Gasteiger partial charge is 0.391 e. The summed E-state index contributed by atoms with van der Waals surface area (Å²) in [5.41, 5.74) is 0. The van der Waals surface area contributed by atoms with Crippen LogP contribution in [0.5, 0.6) is 0 Å². The molecule has 0 bridgehead atoms. The molecule has 0 saturated carbocycles. The summed E-state index contributed by atoms with van der Waals surface area (Å²) in [4.78, 5) is 1.81. The van der Waals surface area contributed by atoms with Gasteiger partial charge < -0.3 is 15.0 Å². The van der Waals surface area contributed by atoms with Crippen LogP contribution in [0.4, 0.5) is 13.2 Å². The molecule has 0 unspecified atom stereocenters. The fraction of sp³-hybridized carbons (Fsp3) is 0.909. The van der Waals surface area contributed by atoms with Gasteiger partial charge in [-0.15, -0.1) is 0 Å². The first kappa shape index (κ1) is 15.5. The number of nitrogens with zero attached hydrogens (tertiary/aromatic N) is 1. The van der Waals surface area contributed by atoms with Crippen molar-refractivity contribution >= 4 is 17.3 Å². The summed E-state index contributed by atoms with van der Waals surface area (Å²) < 4.78 is 42.3. The third kappa shape index (κ3) is 4.97. The number of nitrogens with one attached hydrogen (secondary N) is 1. The van der Waals surface area contributed by atoms with Gasteiger partial charge in [0, 0.05) is 33.4 Å². The molecule has 0 spiro atoms. The number of thiocarbonyl (C=S) groups is 1. The predicted octanol–water partition coefficient (Wildman–Crippen LogP) is 2.17. The van der Waals surface area contributed by atoms with Crippen LogP contribution in [0.25, 0.3) is 0 Å². The van der Waals surface area contributed by atoms with Crippen LogP contribution in [0, 0.1) is 5.92 Å². The molecule has 106 valence electrons. The van der Waals surface area contributed by atoms with Crippen molar-refractivity contribution in [2.24, 2.45) is 5.92 Å². The minimum atomic E-state index is -4.07. The summed E-state index contributed by atoms with van der Waals surface area (Å²) in [6, 6.07) is 0. The molecule has 1 aliphatic heterocycles. The third-order valence-corrected chi connectivity index (χ3v) is 3.45. The van der Waals surface area contributed by atoms with E-state index in [4.69, 9.17) is 17.0 Å². The molecule has 1 fully saturated rings. The van der Waals surface area contributed by atoms with E-state index in [0.29, 0.717) is 31.4 Å². The zero-order valence-electron chi connectivity index (χ0n) is 10.4. The summed E-state index contributed by atoms with van der Waals surface area (Å²) in [6.45, 7) is 2.08. The van der Waals surface area contributed by atoms with Gasteiger partial charge >= 0.3 is 6.18 Å². The lowest BCUT2D eigenvalue weighted by Gasteiger charge is -2.34. The Morgan fingerprint density at radius 1 is 1.39 bits per heavy atom. The summed E-state index contributed by atoms with van der Waals surface area (Å²) >= 11 is 5.15. The Bertz CT molecular complexity index is 266. The van der Waals surface area contributed by atoms with E-state index in [2.05, 4.69) is 5.32 Å². The second kappa shape index (κ2) is 7.13. The van der Waals surface area contributed by atoms with Crippen molar-refractivity contribution in [3.8, 4) is 0 Å². The van der Waals surface area contributed by atoms with Gasteiger partial charge in [0.15, 0.2) is 5.11 Å². The number of halogens is 3. The first-order valence-electron chi connectivity index (χ1n) is 6.03. The number of hydrogen-bond donors (Lipinski definition) is 1. The molecule has 1 heterocycles. The fourth-order valence-corrected chi connectivity index (χ4v) is 2.22. The van der Waals surface area contributed by atoms with Crippen LogP contribution in [0.3, 0.4) is 0 Å². The highest BCUT2D eigenvalue weighted by molar-refractivity contribution is 7.80. The van der Waals surface area contributed by atoms with Crippen LogP contribution in [-0.4, -0.2) is 49.5 Å². The molecule has 0 aromatic heterocycles. The molecule has 0 aliphatic carbocycles. The Kier molecular flexibility index (Phi) is 6.14. The molecule has 0 aromatic rings. The smallest absolute Gasteiger partial charge is 0.385 e. The topological polar surface area (TPSA) is 24.5 Å². The monoisotopic (exact) mass is 284 g/mol. The third-order valence-electron chi connectivity index (χ3n) is 3.05. The van der Waals surface area contributed by atoms with Gasteiger partial charge in [0.2, 0.25) is 0 Å². The van der Waals surface area contributed by atoms with Crippen molar-refractivity contribution in [1.29, 1.82) is 0 Å². The Morgan fingerprint density at radius 3 is 2.50 bits per heavy atom. The molecule has 0 atom stereocenters. The number of likely N-dealkylation sites (tertiary alicyclic amines) is 1. The maximum atomic E-state index is 12.5. The van der Waals surface area contributed by atoms with Gasteiger partial charge in [-0.2, -0.15) is 13.2 Å². The normalized spacial score (nSPS) is 17.9. The van der Waals surface area contributed by atoms with Crippen molar-refractivity contribution in [2.45, 2.75) is 25.4 Å². The number of piperidine rings is 1. The molecule has 0 aromatic carbocycles. The molecule has 0 amide bonds. The van der Waals surface area contributed by atoms with Gasteiger partial charge in [-0.3, -0.25) is 0 Å². The van der Waals surface area contributed by atoms with Crippen LogP contribution < -0.4 is 5.32 Å². The second-order valence-corrected chi connectivity index (χ2v) is 4.77. The quantitative estimate of drug-likeness (QED) is 0.632. The molecule has 1 saturated heterocycles. The van der Waals surface area contributed by atoms with Crippen molar-refractivity contribution < 1.29 is 17.9 Å². The van der Waals surface area contributed by atoms with Gasteiger partial charge in [-0.05, 0) is 31.5 Å². The lowest BCUT2D eigenvalue weighted by atomic mass is 9.97. The minimum Gasteiger partial charge on any atom is -0.385 e. The zero-order valence-corrected chi connectivity index (χ0v) is 11.2. The molecule has 7 heteroatoms. The van der Waals surface area contributed by atoms with E-state index in [-0.39, 0.29) is 12.8 Å². The summed E-state index contributed by atoms with van der Waals surface area (Å²) in [6.07, 6.45) is -2.98. The van der Waals surface area contributed by atoms with Gasteiger partial charge in [0.25, 0.3) is 0 Å². The Labute approximate surface area is 111 Å². The van der Waals surface area contributed by atoms with Crippen molar-refractivity contribution in [3.63, 3.8) is 0 Å². The van der Waals surface area contributed by atoms with Crippen molar-refractivity contribution in [1.82, 2.24) is 10.2 Å². The predicted molar refractivity (Wildman–Crippen MR) is 67.4 cm³/mol. The first-order chi connectivity index (χ1) is 8.45. The van der Waals surface area contributed by atoms with E-state index in [9.17, 15) is 13.2 Å². The van der Waals surface area contributed by atoms with Gasteiger partial charge in [-0.1, -0.05) is 0 Å². The Balaban J connectivity index is 2.23. The molecule has 18 heavy (non-hydrogen) atoms. The maximum Gasteiger partial charge on any atom is 0.391 e. The van der Waals surface area contributed by atoms with Crippen LogP contribution in [0.1, 0.15) is 19.3 Å². The second-order valence-electron chi connectivity index (χ2n) is 4.38. The summed E-state index contributed by atoms with van der Waals surface area (Å²) in [5.74, 6) is -1.18. The first-order valence-corrected chi connectivity index (χ1v) is 6.44. The standard InChI is InChI=1S/C11H19F3N2OS/c1-17-8-2-5-15-10(18)16-6-3-9(4-7-16)11(12,13)14/h9H,2-8H2,1H3,(H,15,18). The van der Waals surface area contributed by atoms with Gasteiger partial charge in [0.1, 0.15) is 0 Å².